The first-order valence-electron chi connectivity index (χ1n) is 33.0. The molecule has 0 N–H and O–H groups in total. The minimum atomic E-state index is -0.827. The summed E-state index contributed by atoms with van der Waals surface area (Å²) in [6.45, 7) is 6.46. The van der Waals surface area contributed by atoms with Gasteiger partial charge < -0.3 is 14.2 Å². The molecule has 0 saturated carbocycles. The van der Waals surface area contributed by atoms with Gasteiger partial charge in [0.15, 0.2) is 6.10 Å². The van der Waals surface area contributed by atoms with Crippen LogP contribution in [0.5, 0.6) is 0 Å². The lowest BCUT2D eigenvalue weighted by Crippen LogP contribution is -2.30. The summed E-state index contributed by atoms with van der Waals surface area (Å²) in [5.41, 5.74) is 0. The third kappa shape index (κ3) is 64.5. The van der Waals surface area contributed by atoms with E-state index in [0.29, 0.717) is 19.3 Å². The Morgan fingerprint density at radius 3 is 0.835 bits per heavy atom. The van der Waals surface area contributed by atoms with Crippen LogP contribution in [0.4, 0.5) is 0 Å². The fourth-order valence-electron chi connectivity index (χ4n) is 9.00. The van der Waals surface area contributed by atoms with Gasteiger partial charge in [0, 0.05) is 19.3 Å². The van der Waals surface area contributed by atoms with Gasteiger partial charge >= 0.3 is 17.9 Å². The molecule has 0 aromatic rings. The Labute approximate surface area is 488 Å². The summed E-state index contributed by atoms with van der Waals surface area (Å²) in [5, 5.41) is 0. The van der Waals surface area contributed by atoms with Gasteiger partial charge in [0.25, 0.3) is 0 Å². The van der Waals surface area contributed by atoms with E-state index in [4.69, 9.17) is 14.2 Å². The molecule has 6 heteroatoms. The molecule has 0 bridgehead atoms. The van der Waals surface area contributed by atoms with E-state index in [1.807, 2.05) is 6.08 Å². The van der Waals surface area contributed by atoms with E-state index in [0.717, 1.165) is 103 Å². The summed E-state index contributed by atoms with van der Waals surface area (Å²) in [6.07, 6.45) is 92.2. The minimum absolute atomic E-state index is 0.113. The molecule has 1 atom stereocenters. The molecule has 79 heavy (non-hydrogen) atoms. The third-order valence-corrected chi connectivity index (χ3v) is 13.9. The lowest BCUT2D eigenvalue weighted by atomic mass is 10.0. The number of carbonyl (C=O) groups excluding carboxylic acids is 3. The zero-order valence-corrected chi connectivity index (χ0v) is 51.6. The molecule has 0 fully saturated rings. The van der Waals surface area contributed by atoms with Gasteiger partial charge in [-0.25, -0.2) is 0 Å². The smallest absolute Gasteiger partial charge is 0.306 e. The van der Waals surface area contributed by atoms with E-state index in [-0.39, 0.29) is 31.6 Å². The minimum Gasteiger partial charge on any atom is -0.462 e. The Morgan fingerprint density at radius 1 is 0.266 bits per heavy atom. The average molecular weight is 1100 g/mol. The highest BCUT2D eigenvalue weighted by molar-refractivity contribution is 5.71. The SMILES string of the molecule is CC/C=C\C/C=C\C/C=C\C/C=C\C/C=C\C/C=C\CCC(=O)OC(COC(=O)CCCCCCC/C=C\CCCCCCCC)COC(=O)CCCCCCCCCCCCCC/C=C\C/C=C\C/C=C\CCCCCCC. The second-order valence-corrected chi connectivity index (χ2v) is 21.6. The number of ether oxygens (including phenoxy) is 3. The molecular formula is C73H122O6. The first-order chi connectivity index (χ1) is 39.0. The van der Waals surface area contributed by atoms with Crippen LogP contribution in [-0.4, -0.2) is 37.2 Å². The zero-order valence-electron chi connectivity index (χ0n) is 51.6. The Bertz CT molecular complexity index is 1640. The molecule has 0 spiro atoms. The van der Waals surface area contributed by atoms with Crippen molar-refractivity contribution in [1.82, 2.24) is 0 Å². The molecule has 0 aromatic carbocycles. The molecule has 0 aliphatic carbocycles. The summed E-state index contributed by atoms with van der Waals surface area (Å²) < 4.78 is 16.9. The highest BCUT2D eigenvalue weighted by Crippen LogP contribution is 2.15. The first kappa shape index (κ1) is 74.8. The third-order valence-electron chi connectivity index (χ3n) is 13.9. The summed E-state index contributed by atoms with van der Waals surface area (Å²) in [7, 11) is 0. The molecule has 0 amide bonds. The van der Waals surface area contributed by atoms with Gasteiger partial charge in [-0.3, -0.25) is 14.4 Å². The van der Waals surface area contributed by atoms with Gasteiger partial charge in [-0.05, 0) is 122 Å². The van der Waals surface area contributed by atoms with Gasteiger partial charge in [0.2, 0.25) is 0 Å². The molecular weight excluding hydrogens is 973 g/mol. The van der Waals surface area contributed by atoms with E-state index in [1.165, 1.54) is 154 Å². The molecule has 0 heterocycles. The van der Waals surface area contributed by atoms with Crippen molar-refractivity contribution in [2.24, 2.45) is 0 Å². The molecule has 6 nitrogen and oxygen atoms in total. The molecule has 0 radical (unpaired) electrons. The number of rotatable bonds is 59. The van der Waals surface area contributed by atoms with Crippen molar-refractivity contribution >= 4 is 17.9 Å². The highest BCUT2D eigenvalue weighted by Gasteiger charge is 2.19. The van der Waals surface area contributed by atoms with E-state index in [9.17, 15) is 14.4 Å². The number of carbonyl (C=O) groups is 3. The van der Waals surface area contributed by atoms with Crippen molar-refractivity contribution in [3.05, 3.63) is 122 Å². The molecule has 0 saturated heterocycles. The van der Waals surface area contributed by atoms with Crippen LogP contribution in [0.2, 0.25) is 0 Å². The van der Waals surface area contributed by atoms with Crippen molar-refractivity contribution in [1.29, 1.82) is 0 Å². The maximum absolute atomic E-state index is 12.9. The van der Waals surface area contributed by atoms with Gasteiger partial charge in [0.1, 0.15) is 13.2 Å². The predicted octanol–water partition coefficient (Wildman–Crippen LogP) is 22.8. The largest absolute Gasteiger partial charge is 0.462 e. The number of allylic oxidation sites excluding steroid dienone is 20. The maximum atomic E-state index is 12.9. The van der Waals surface area contributed by atoms with Gasteiger partial charge in [-0.2, -0.15) is 0 Å². The summed E-state index contributed by atoms with van der Waals surface area (Å²) in [4.78, 5) is 38.3. The van der Waals surface area contributed by atoms with Gasteiger partial charge in [-0.1, -0.05) is 284 Å². The highest BCUT2D eigenvalue weighted by atomic mass is 16.6. The summed E-state index contributed by atoms with van der Waals surface area (Å²) in [5.74, 6) is -1.00. The van der Waals surface area contributed by atoms with Crippen molar-refractivity contribution in [2.45, 2.75) is 309 Å². The van der Waals surface area contributed by atoms with Crippen LogP contribution in [0.15, 0.2) is 122 Å². The van der Waals surface area contributed by atoms with Crippen molar-refractivity contribution in [2.75, 3.05) is 13.2 Å². The quantitative estimate of drug-likeness (QED) is 0.0261. The maximum Gasteiger partial charge on any atom is 0.306 e. The lowest BCUT2D eigenvalue weighted by Gasteiger charge is -2.18. The van der Waals surface area contributed by atoms with Crippen LogP contribution in [0.3, 0.4) is 0 Å². The van der Waals surface area contributed by atoms with Crippen LogP contribution < -0.4 is 0 Å². The van der Waals surface area contributed by atoms with Crippen LogP contribution in [0.25, 0.3) is 0 Å². The van der Waals surface area contributed by atoms with Crippen molar-refractivity contribution < 1.29 is 28.6 Å². The zero-order chi connectivity index (χ0) is 57.1. The van der Waals surface area contributed by atoms with Crippen LogP contribution >= 0.6 is 0 Å². The molecule has 0 aliphatic heterocycles. The Balaban J connectivity index is 4.42. The van der Waals surface area contributed by atoms with Crippen LogP contribution in [0.1, 0.15) is 303 Å². The number of hydrogen-bond donors (Lipinski definition) is 0. The van der Waals surface area contributed by atoms with E-state index >= 15 is 0 Å². The predicted molar refractivity (Wildman–Crippen MR) is 343 cm³/mol. The molecule has 0 rings (SSSR count). The standard InChI is InChI=1S/C73H122O6/c1-4-7-10-13-16-19-22-25-28-30-32-33-34-35-36-37-38-39-41-42-45-48-51-54-57-60-63-66-72(75)78-69-70(68-77-71(74)65-62-59-56-53-50-47-44-27-24-21-18-15-12-9-6-3)79-73(76)67-64-61-58-55-52-49-46-43-40-31-29-26-23-20-17-14-11-8-5-2/h8,11,17,20,22,25-27,29-30,32,34-35,40,43-44,49,52,58,61,70H,4-7,9-10,12-16,18-19,21,23-24,28,31,33,36-39,41-42,45-48,50-51,53-57,59-60,62-69H2,1-3H3/b11-8-,20-17-,25-22-,29-26-,32-30-,35-34-,43-40-,44-27-,52-49-,61-58-. The van der Waals surface area contributed by atoms with Crippen LogP contribution in [0, 0.1) is 0 Å². The monoisotopic (exact) mass is 1090 g/mol. The van der Waals surface area contributed by atoms with Gasteiger partial charge in [-0.15, -0.1) is 0 Å². The summed E-state index contributed by atoms with van der Waals surface area (Å²) >= 11 is 0. The topological polar surface area (TPSA) is 78.9 Å². The Hall–Kier alpha value is -4.19. The number of esters is 3. The van der Waals surface area contributed by atoms with Crippen molar-refractivity contribution in [3.63, 3.8) is 0 Å². The second-order valence-electron chi connectivity index (χ2n) is 21.6. The fraction of sp³-hybridized carbons (Fsp3) is 0.685. The van der Waals surface area contributed by atoms with Crippen molar-refractivity contribution in [3.8, 4) is 0 Å². The lowest BCUT2D eigenvalue weighted by molar-refractivity contribution is -0.166. The number of hydrogen-bond acceptors (Lipinski definition) is 6. The Kier molecular flexibility index (Phi) is 62.8. The van der Waals surface area contributed by atoms with Gasteiger partial charge in [0.05, 0.1) is 0 Å². The normalized spacial score (nSPS) is 12.9. The van der Waals surface area contributed by atoms with E-state index in [2.05, 4.69) is 136 Å². The fourth-order valence-corrected chi connectivity index (χ4v) is 9.00. The summed E-state index contributed by atoms with van der Waals surface area (Å²) in [6, 6.07) is 0. The second kappa shape index (κ2) is 66.3. The molecule has 1 unspecified atom stereocenters. The van der Waals surface area contributed by atoms with E-state index < -0.39 is 12.1 Å². The Morgan fingerprint density at radius 2 is 0.519 bits per heavy atom. The number of unbranched alkanes of at least 4 members (excludes halogenated alkanes) is 28. The first-order valence-corrected chi connectivity index (χ1v) is 33.0. The molecule has 450 valence electrons. The average Bonchev–Trinajstić information content (AvgIpc) is 3.45. The molecule has 0 aromatic heterocycles. The van der Waals surface area contributed by atoms with Crippen LogP contribution in [-0.2, 0) is 28.6 Å². The van der Waals surface area contributed by atoms with E-state index in [1.54, 1.807) is 0 Å². The molecule has 0 aliphatic rings.